The second-order valence-electron chi connectivity index (χ2n) is 4.72. The van der Waals surface area contributed by atoms with Crippen molar-refractivity contribution >= 4 is 23.3 Å². The number of carbonyl (C=O) groups excluding carboxylic acids is 2. The third-order valence-corrected chi connectivity index (χ3v) is 3.28. The number of halogens is 1. The lowest BCUT2D eigenvalue weighted by Crippen LogP contribution is -2.31. The number of aliphatic hydroxyl groups is 1. The van der Waals surface area contributed by atoms with Crippen LogP contribution in [0.25, 0.3) is 0 Å². The molecule has 0 saturated carbocycles. The van der Waals surface area contributed by atoms with E-state index >= 15 is 0 Å². The van der Waals surface area contributed by atoms with Crippen molar-refractivity contribution in [1.82, 2.24) is 5.32 Å². The largest absolute Gasteiger partial charge is 0.484 e. The number of nitrogens with one attached hydrogen (secondary N) is 1. The molecule has 0 aromatic heterocycles. The van der Waals surface area contributed by atoms with Gasteiger partial charge in [-0.2, -0.15) is 0 Å². The predicted molar refractivity (Wildman–Crippen MR) is 86.9 cm³/mol. The van der Waals surface area contributed by atoms with Crippen molar-refractivity contribution in [2.75, 3.05) is 19.8 Å². The molecule has 2 N–H and O–H groups in total. The van der Waals surface area contributed by atoms with E-state index in [0.717, 1.165) is 0 Å². The summed E-state index contributed by atoms with van der Waals surface area (Å²) in [6, 6.07) is 13.2. The van der Waals surface area contributed by atoms with Crippen LogP contribution in [0.3, 0.4) is 0 Å². The Kier molecular flexibility index (Phi) is 6.14. The van der Waals surface area contributed by atoms with Crippen molar-refractivity contribution in [2.24, 2.45) is 0 Å². The lowest BCUT2D eigenvalue weighted by molar-refractivity contribution is -0.123. The number of amides is 1. The summed E-state index contributed by atoms with van der Waals surface area (Å²) < 4.78 is 5.30. The maximum Gasteiger partial charge on any atom is 0.258 e. The molecule has 0 saturated heterocycles. The zero-order valence-electron chi connectivity index (χ0n) is 12.3. The van der Waals surface area contributed by atoms with Gasteiger partial charge in [-0.3, -0.25) is 9.59 Å². The van der Waals surface area contributed by atoms with Crippen LogP contribution in [-0.4, -0.2) is 36.6 Å². The fourth-order valence-electron chi connectivity index (χ4n) is 1.87. The summed E-state index contributed by atoms with van der Waals surface area (Å²) in [5.41, 5.74) is 1.07. The molecule has 2 aromatic rings. The molecule has 120 valence electrons. The van der Waals surface area contributed by atoms with E-state index < -0.39 is 0 Å². The second kappa shape index (κ2) is 8.31. The van der Waals surface area contributed by atoms with Crippen LogP contribution in [0.2, 0.25) is 5.02 Å². The summed E-state index contributed by atoms with van der Waals surface area (Å²) in [5.74, 6) is 0.0473. The fourth-order valence-corrected chi connectivity index (χ4v) is 1.99. The molecule has 0 radical (unpaired) electrons. The number of rotatable bonds is 7. The number of hydrogen-bond donors (Lipinski definition) is 2. The molecular formula is C17H16ClNO4. The van der Waals surface area contributed by atoms with E-state index in [4.69, 9.17) is 21.4 Å². The van der Waals surface area contributed by atoms with Gasteiger partial charge in [0.15, 0.2) is 12.4 Å². The van der Waals surface area contributed by atoms with Crippen molar-refractivity contribution in [1.29, 1.82) is 0 Å². The Morgan fingerprint density at radius 1 is 1.00 bits per heavy atom. The molecule has 2 aromatic carbocycles. The van der Waals surface area contributed by atoms with Crippen LogP contribution in [0.5, 0.6) is 5.75 Å². The van der Waals surface area contributed by atoms with Gasteiger partial charge in [-0.1, -0.05) is 11.6 Å². The van der Waals surface area contributed by atoms with Crippen LogP contribution in [-0.2, 0) is 4.79 Å². The first-order valence-electron chi connectivity index (χ1n) is 7.01. The first-order chi connectivity index (χ1) is 11.1. The van der Waals surface area contributed by atoms with Crippen LogP contribution in [0.4, 0.5) is 0 Å². The lowest BCUT2D eigenvalue weighted by Gasteiger charge is -2.07. The standard InChI is InChI=1S/C17H16ClNO4/c18-14-5-1-12(2-6-14)17(22)13-3-7-15(8-4-13)23-11-16(21)19-9-10-20/h1-8,20H,9-11H2,(H,19,21). The number of ether oxygens (including phenoxy) is 1. The molecule has 0 aliphatic carbocycles. The predicted octanol–water partition coefficient (Wildman–Crippen LogP) is 2.06. The molecule has 0 aliphatic heterocycles. The van der Waals surface area contributed by atoms with Gasteiger partial charge in [0.2, 0.25) is 0 Å². The molecule has 5 nitrogen and oxygen atoms in total. The van der Waals surface area contributed by atoms with Gasteiger partial charge in [0.05, 0.1) is 6.61 Å². The van der Waals surface area contributed by atoms with Gasteiger partial charge in [0.1, 0.15) is 5.75 Å². The molecule has 0 spiro atoms. The Hall–Kier alpha value is -2.37. The third-order valence-electron chi connectivity index (χ3n) is 3.03. The van der Waals surface area contributed by atoms with Gasteiger partial charge >= 0.3 is 0 Å². The van der Waals surface area contributed by atoms with Crippen molar-refractivity contribution in [2.45, 2.75) is 0 Å². The summed E-state index contributed by atoms with van der Waals surface area (Å²) >= 11 is 5.80. The van der Waals surface area contributed by atoms with Gasteiger partial charge in [-0.05, 0) is 48.5 Å². The first kappa shape index (κ1) is 17.0. The van der Waals surface area contributed by atoms with Gasteiger partial charge in [0.25, 0.3) is 5.91 Å². The van der Waals surface area contributed by atoms with E-state index in [9.17, 15) is 9.59 Å². The molecule has 0 aliphatic rings. The van der Waals surface area contributed by atoms with Crippen molar-refractivity contribution < 1.29 is 19.4 Å². The summed E-state index contributed by atoms with van der Waals surface area (Å²) in [6.45, 7) is -0.0750. The average Bonchev–Trinajstić information content (AvgIpc) is 2.58. The van der Waals surface area contributed by atoms with Crippen LogP contribution >= 0.6 is 11.6 Å². The highest BCUT2D eigenvalue weighted by atomic mass is 35.5. The third kappa shape index (κ3) is 5.09. The fraction of sp³-hybridized carbons (Fsp3) is 0.176. The summed E-state index contributed by atoms with van der Waals surface area (Å²) in [6.07, 6.45) is 0. The highest BCUT2D eigenvalue weighted by molar-refractivity contribution is 6.30. The number of carbonyl (C=O) groups is 2. The molecule has 0 heterocycles. The van der Waals surface area contributed by atoms with Gasteiger partial charge in [-0.25, -0.2) is 0 Å². The van der Waals surface area contributed by atoms with Crippen LogP contribution < -0.4 is 10.1 Å². The molecule has 0 fully saturated rings. The normalized spacial score (nSPS) is 10.2. The minimum atomic E-state index is -0.319. The number of benzene rings is 2. The topological polar surface area (TPSA) is 75.6 Å². The average molecular weight is 334 g/mol. The minimum Gasteiger partial charge on any atom is -0.484 e. The van der Waals surface area contributed by atoms with E-state index in [0.29, 0.717) is 21.9 Å². The van der Waals surface area contributed by atoms with E-state index in [-0.39, 0.29) is 31.4 Å². The number of hydrogen-bond acceptors (Lipinski definition) is 4. The zero-order valence-corrected chi connectivity index (χ0v) is 13.0. The Morgan fingerprint density at radius 2 is 1.57 bits per heavy atom. The van der Waals surface area contributed by atoms with Gasteiger partial charge in [0, 0.05) is 22.7 Å². The SMILES string of the molecule is O=C(COc1ccc(C(=O)c2ccc(Cl)cc2)cc1)NCCO. The molecule has 0 unspecified atom stereocenters. The Labute approximate surface area is 138 Å². The van der Waals surface area contributed by atoms with Crippen LogP contribution in [0.1, 0.15) is 15.9 Å². The second-order valence-corrected chi connectivity index (χ2v) is 5.16. The van der Waals surface area contributed by atoms with Gasteiger partial charge < -0.3 is 15.2 Å². The molecule has 0 atom stereocenters. The maximum atomic E-state index is 12.3. The summed E-state index contributed by atoms with van der Waals surface area (Å²) in [5, 5.41) is 11.7. The van der Waals surface area contributed by atoms with E-state index in [2.05, 4.69) is 5.32 Å². The van der Waals surface area contributed by atoms with Crippen molar-refractivity contribution in [3.8, 4) is 5.75 Å². The lowest BCUT2D eigenvalue weighted by atomic mass is 10.0. The van der Waals surface area contributed by atoms with E-state index in [1.54, 1.807) is 48.5 Å². The summed E-state index contributed by atoms with van der Waals surface area (Å²) in [4.78, 5) is 23.6. The molecule has 23 heavy (non-hydrogen) atoms. The molecule has 2 rings (SSSR count). The Balaban J connectivity index is 1.95. The molecule has 6 heteroatoms. The highest BCUT2D eigenvalue weighted by Crippen LogP contribution is 2.17. The van der Waals surface area contributed by atoms with Crippen LogP contribution in [0.15, 0.2) is 48.5 Å². The van der Waals surface area contributed by atoms with Gasteiger partial charge in [-0.15, -0.1) is 0 Å². The smallest absolute Gasteiger partial charge is 0.258 e. The monoisotopic (exact) mass is 333 g/mol. The summed E-state index contributed by atoms with van der Waals surface area (Å²) in [7, 11) is 0. The zero-order chi connectivity index (χ0) is 16.7. The molecule has 1 amide bonds. The van der Waals surface area contributed by atoms with E-state index in [1.165, 1.54) is 0 Å². The molecule has 0 bridgehead atoms. The van der Waals surface area contributed by atoms with Crippen LogP contribution in [0, 0.1) is 0 Å². The minimum absolute atomic E-state index is 0.117. The Morgan fingerprint density at radius 3 is 2.13 bits per heavy atom. The van der Waals surface area contributed by atoms with E-state index in [1.807, 2.05) is 0 Å². The van der Waals surface area contributed by atoms with Crippen molar-refractivity contribution in [3.05, 3.63) is 64.7 Å². The maximum absolute atomic E-state index is 12.3. The number of aliphatic hydroxyl groups excluding tert-OH is 1. The Bertz CT molecular complexity index is 668. The molecular weight excluding hydrogens is 318 g/mol. The quantitative estimate of drug-likeness (QED) is 0.760. The highest BCUT2D eigenvalue weighted by Gasteiger charge is 2.09. The first-order valence-corrected chi connectivity index (χ1v) is 7.38. The number of ketones is 1. The van der Waals surface area contributed by atoms with Crippen molar-refractivity contribution in [3.63, 3.8) is 0 Å².